The first-order valence-corrected chi connectivity index (χ1v) is 13.2. The van der Waals surface area contributed by atoms with E-state index in [1.165, 1.54) is 15.4 Å². The number of fused-ring (bicyclic) bond motifs is 2. The van der Waals surface area contributed by atoms with Crippen molar-refractivity contribution in [1.82, 2.24) is 29.6 Å². The average Bonchev–Trinajstić information content (AvgIpc) is 3.16. The SMILES string of the molecule is Cn1cc(C(=O)NCC#Cc2nn3c(NC45CCN(C6COC6)CC4C5)cccc3c2SC(F)(F)F)cn1. The number of hydrogen-bond donors (Lipinski definition) is 2. The van der Waals surface area contributed by atoms with Gasteiger partial charge in [0.2, 0.25) is 0 Å². The van der Waals surface area contributed by atoms with Crippen LogP contribution in [0.3, 0.4) is 0 Å². The number of aromatic nitrogens is 4. The van der Waals surface area contributed by atoms with Crippen molar-refractivity contribution in [3.05, 3.63) is 41.9 Å². The molecule has 2 atom stereocenters. The lowest BCUT2D eigenvalue weighted by Crippen LogP contribution is -2.53. The van der Waals surface area contributed by atoms with Gasteiger partial charge in [-0.25, -0.2) is 4.52 Å². The van der Waals surface area contributed by atoms with Crippen LogP contribution in [-0.2, 0) is 11.8 Å². The van der Waals surface area contributed by atoms with Crippen LogP contribution in [-0.4, -0.2) is 80.1 Å². The molecule has 3 fully saturated rings. The predicted octanol–water partition coefficient (Wildman–Crippen LogP) is 2.74. The van der Waals surface area contributed by atoms with Crippen molar-refractivity contribution in [1.29, 1.82) is 0 Å². The van der Waals surface area contributed by atoms with E-state index in [4.69, 9.17) is 4.74 Å². The third-order valence-electron chi connectivity index (χ3n) is 7.39. The van der Waals surface area contributed by atoms with Gasteiger partial charge in [-0.3, -0.25) is 14.4 Å². The Balaban J connectivity index is 1.22. The Hall–Kier alpha value is -3.21. The number of aryl methyl sites for hydroxylation is 1. The number of rotatable bonds is 6. The highest BCUT2D eigenvalue weighted by Gasteiger charge is 2.57. The van der Waals surface area contributed by atoms with Crippen molar-refractivity contribution in [2.75, 3.05) is 38.2 Å². The minimum atomic E-state index is -4.50. The average molecular weight is 546 g/mol. The first kappa shape index (κ1) is 25.1. The lowest BCUT2D eigenvalue weighted by molar-refractivity contribution is -0.0714. The molecule has 2 unspecified atom stereocenters. The Labute approximate surface area is 221 Å². The number of carbonyl (C=O) groups excluding carboxylic acids is 1. The molecule has 38 heavy (non-hydrogen) atoms. The molecular formula is C25H26F3N7O2S. The third-order valence-corrected chi connectivity index (χ3v) is 8.23. The fraction of sp³-hybridized carbons (Fsp3) is 0.480. The second kappa shape index (κ2) is 9.52. The molecule has 0 spiro atoms. The number of carbonyl (C=O) groups is 1. The summed E-state index contributed by atoms with van der Waals surface area (Å²) in [4.78, 5) is 14.6. The first-order valence-electron chi connectivity index (χ1n) is 12.3. The van der Waals surface area contributed by atoms with Crippen LogP contribution in [0.4, 0.5) is 19.0 Å². The van der Waals surface area contributed by atoms with Crippen molar-refractivity contribution in [2.24, 2.45) is 13.0 Å². The number of nitrogens with one attached hydrogen (secondary N) is 2. The molecule has 2 saturated heterocycles. The summed E-state index contributed by atoms with van der Waals surface area (Å²) in [5.74, 6) is 6.23. The number of piperidine rings is 1. The van der Waals surface area contributed by atoms with E-state index in [2.05, 4.69) is 37.6 Å². The topological polar surface area (TPSA) is 88.7 Å². The van der Waals surface area contributed by atoms with Gasteiger partial charge in [0.05, 0.1) is 48.0 Å². The van der Waals surface area contributed by atoms with Crippen LogP contribution in [0.15, 0.2) is 35.5 Å². The van der Waals surface area contributed by atoms with Crippen LogP contribution in [0.25, 0.3) is 5.52 Å². The summed E-state index contributed by atoms with van der Waals surface area (Å²) in [5, 5.41) is 14.6. The van der Waals surface area contributed by atoms with Crippen molar-refractivity contribution < 1.29 is 22.7 Å². The van der Waals surface area contributed by atoms with Gasteiger partial charge in [0.15, 0.2) is 0 Å². The summed E-state index contributed by atoms with van der Waals surface area (Å²) in [6.07, 6.45) is 4.96. The maximum Gasteiger partial charge on any atom is 0.446 e. The molecule has 6 rings (SSSR count). The number of halogens is 3. The maximum atomic E-state index is 13.5. The van der Waals surface area contributed by atoms with Crippen LogP contribution in [0.2, 0.25) is 0 Å². The number of nitrogens with zero attached hydrogens (tertiary/aromatic N) is 5. The molecule has 5 heterocycles. The van der Waals surface area contributed by atoms with Gasteiger partial charge < -0.3 is 15.4 Å². The number of pyridine rings is 1. The van der Waals surface area contributed by atoms with Gasteiger partial charge in [-0.1, -0.05) is 12.0 Å². The van der Waals surface area contributed by atoms with Crippen LogP contribution < -0.4 is 10.6 Å². The molecule has 200 valence electrons. The number of alkyl halides is 3. The smallest absolute Gasteiger partial charge is 0.378 e. The number of likely N-dealkylation sites (tertiary alicyclic amines) is 1. The van der Waals surface area contributed by atoms with Gasteiger partial charge in [-0.15, -0.1) is 0 Å². The standard InChI is InChI=1S/C25H26F3N7O2S/c1-33-12-16(11-30-33)23(36)29-8-3-4-19-22(38-25(26,27)28)20-5-2-6-21(35(20)32-19)31-24-7-9-34(13-17(24)10-24)18-14-37-15-18/h2,5-6,11-12,17-18,31H,7-10,13-15H2,1H3,(H,29,36). The quantitative estimate of drug-likeness (QED) is 0.364. The summed E-state index contributed by atoms with van der Waals surface area (Å²) < 4.78 is 48.8. The molecule has 2 N–H and O–H groups in total. The molecule has 1 amide bonds. The van der Waals surface area contributed by atoms with Gasteiger partial charge in [-0.2, -0.15) is 23.4 Å². The lowest BCUT2D eigenvalue weighted by atomic mass is 10.0. The van der Waals surface area contributed by atoms with Gasteiger partial charge in [0.1, 0.15) is 11.5 Å². The summed E-state index contributed by atoms with van der Waals surface area (Å²) >= 11 is -0.226. The predicted molar refractivity (Wildman–Crippen MR) is 135 cm³/mol. The fourth-order valence-corrected chi connectivity index (χ4v) is 5.89. The van der Waals surface area contributed by atoms with E-state index in [1.807, 2.05) is 6.07 Å². The van der Waals surface area contributed by atoms with Crippen LogP contribution in [0.5, 0.6) is 0 Å². The minimum Gasteiger partial charge on any atom is -0.378 e. The van der Waals surface area contributed by atoms with Crippen molar-refractivity contribution >= 4 is 29.0 Å². The molecule has 3 aliphatic rings. The first-order chi connectivity index (χ1) is 18.2. The zero-order valence-corrected chi connectivity index (χ0v) is 21.4. The number of hydrogen-bond acceptors (Lipinski definition) is 7. The summed E-state index contributed by atoms with van der Waals surface area (Å²) in [7, 11) is 1.69. The van der Waals surface area contributed by atoms with E-state index in [0.717, 1.165) is 39.1 Å². The molecule has 1 aliphatic carbocycles. The Morgan fingerprint density at radius 3 is 2.87 bits per heavy atom. The summed E-state index contributed by atoms with van der Waals surface area (Å²) in [6.45, 7) is 3.49. The van der Waals surface area contributed by atoms with Gasteiger partial charge in [-0.05, 0) is 48.6 Å². The van der Waals surface area contributed by atoms with Crippen molar-refractivity contribution in [3.8, 4) is 11.8 Å². The Bertz CT molecular complexity index is 1440. The zero-order valence-electron chi connectivity index (χ0n) is 20.6. The summed E-state index contributed by atoms with van der Waals surface area (Å²) in [5.41, 5.74) is -3.85. The molecule has 3 aromatic rings. The van der Waals surface area contributed by atoms with E-state index in [9.17, 15) is 18.0 Å². The van der Waals surface area contributed by atoms with E-state index in [1.54, 1.807) is 25.4 Å². The number of thioether (sulfide) groups is 1. The van der Waals surface area contributed by atoms with E-state index in [-0.39, 0.29) is 40.3 Å². The van der Waals surface area contributed by atoms with E-state index >= 15 is 0 Å². The molecule has 0 bridgehead atoms. The Morgan fingerprint density at radius 1 is 1.34 bits per heavy atom. The van der Waals surface area contributed by atoms with E-state index < -0.39 is 5.51 Å². The molecule has 9 nitrogen and oxygen atoms in total. The molecule has 2 aliphatic heterocycles. The highest BCUT2D eigenvalue weighted by Crippen LogP contribution is 2.52. The minimum absolute atomic E-state index is 0.0156. The largest absolute Gasteiger partial charge is 0.446 e. The van der Waals surface area contributed by atoms with Crippen LogP contribution in [0, 0.1) is 17.8 Å². The lowest BCUT2D eigenvalue weighted by Gasteiger charge is -2.41. The molecule has 0 aromatic carbocycles. The van der Waals surface area contributed by atoms with Crippen LogP contribution >= 0.6 is 11.8 Å². The Kier molecular flexibility index (Phi) is 6.28. The maximum absolute atomic E-state index is 13.5. The van der Waals surface area contributed by atoms with Crippen LogP contribution in [0.1, 0.15) is 28.9 Å². The molecular weight excluding hydrogens is 519 g/mol. The van der Waals surface area contributed by atoms with Gasteiger partial charge in [0, 0.05) is 31.9 Å². The van der Waals surface area contributed by atoms with Crippen molar-refractivity contribution in [2.45, 2.75) is 34.8 Å². The molecule has 0 radical (unpaired) electrons. The van der Waals surface area contributed by atoms with Gasteiger partial charge >= 0.3 is 5.51 Å². The second-order valence-electron chi connectivity index (χ2n) is 9.94. The normalized spacial score (nSPS) is 23.3. The monoisotopic (exact) mass is 545 g/mol. The Morgan fingerprint density at radius 2 is 2.18 bits per heavy atom. The molecule has 3 aromatic heterocycles. The fourth-order valence-electron chi connectivity index (χ4n) is 5.21. The number of ether oxygens (including phenoxy) is 1. The van der Waals surface area contributed by atoms with Crippen molar-refractivity contribution in [3.63, 3.8) is 0 Å². The highest BCUT2D eigenvalue weighted by molar-refractivity contribution is 8.00. The number of amides is 1. The van der Waals surface area contributed by atoms with Gasteiger partial charge in [0.25, 0.3) is 5.91 Å². The second-order valence-corrected chi connectivity index (χ2v) is 11.0. The highest BCUT2D eigenvalue weighted by atomic mass is 32.2. The zero-order chi connectivity index (χ0) is 26.5. The molecule has 1 saturated carbocycles. The molecule has 13 heteroatoms. The summed E-state index contributed by atoms with van der Waals surface area (Å²) in [6, 6.07) is 5.69. The number of anilines is 1. The third kappa shape index (κ3) is 4.95. The van der Waals surface area contributed by atoms with E-state index in [0.29, 0.717) is 28.9 Å².